The van der Waals surface area contributed by atoms with E-state index in [1.54, 1.807) is 0 Å². The molecule has 0 spiro atoms. The van der Waals surface area contributed by atoms with Crippen LogP contribution in [0.5, 0.6) is 0 Å². The molecule has 0 aromatic heterocycles. The lowest BCUT2D eigenvalue weighted by Gasteiger charge is -2.31. The van der Waals surface area contributed by atoms with Crippen LogP contribution in [0, 0.1) is 0 Å². The fourth-order valence-electron chi connectivity index (χ4n) is 2.89. The minimum Gasteiger partial charge on any atom is -0.388 e. The van der Waals surface area contributed by atoms with Crippen LogP contribution < -0.4 is 10.6 Å². The number of halogens is 1. The Morgan fingerprint density at radius 2 is 1.78 bits per heavy atom. The van der Waals surface area contributed by atoms with Crippen LogP contribution in [-0.2, 0) is 0 Å². The number of allylic oxidation sites excluding steroid dienone is 2. The van der Waals surface area contributed by atoms with Gasteiger partial charge in [-0.2, -0.15) is 0 Å². The maximum absolute atomic E-state index is 6.11. The average molecular weight is 332 g/mol. The van der Waals surface area contributed by atoms with Crippen LogP contribution in [0.3, 0.4) is 0 Å². The number of anilines is 2. The Kier molecular flexibility index (Phi) is 5.78. The van der Waals surface area contributed by atoms with Crippen molar-refractivity contribution in [1.82, 2.24) is 4.90 Å². The third-order valence-electron chi connectivity index (χ3n) is 4.46. The normalized spacial score (nSPS) is 15.7. The van der Waals surface area contributed by atoms with Gasteiger partial charge in [-0.3, -0.25) is 0 Å². The third-order valence-corrected chi connectivity index (χ3v) is 4.75. The molecule has 1 aliphatic heterocycles. The van der Waals surface area contributed by atoms with E-state index in [2.05, 4.69) is 46.4 Å². The van der Waals surface area contributed by atoms with Crippen molar-refractivity contribution in [3.05, 3.63) is 52.7 Å². The first-order chi connectivity index (χ1) is 11.0. The molecule has 0 unspecified atom stereocenters. The molecule has 0 radical (unpaired) electrons. The molecule has 0 saturated carbocycles. The summed E-state index contributed by atoms with van der Waals surface area (Å²) in [6, 6.07) is 6.30. The average Bonchev–Trinajstić information content (AvgIpc) is 2.59. The standard InChI is InChI=1S/C19H26ClN3/c1-13(14(2)20)15(3)23-11-9-16(10-12-23)19-17(21-4)7-6-8-18(19)22-5/h6-9,21-22H,3,10-12H2,1-2,4-5H3/b14-13-. The van der Waals surface area contributed by atoms with Crippen molar-refractivity contribution in [1.29, 1.82) is 0 Å². The summed E-state index contributed by atoms with van der Waals surface area (Å²) in [5, 5.41) is 7.40. The van der Waals surface area contributed by atoms with E-state index < -0.39 is 0 Å². The molecule has 4 heteroatoms. The lowest BCUT2D eigenvalue weighted by Crippen LogP contribution is -2.28. The van der Waals surface area contributed by atoms with Crippen LogP contribution >= 0.6 is 11.6 Å². The lowest BCUT2D eigenvalue weighted by molar-refractivity contribution is 0.387. The van der Waals surface area contributed by atoms with Gasteiger partial charge in [0.05, 0.1) is 0 Å². The second-order valence-corrected chi connectivity index (χ2v) is 6.33. The van der Waals surface area contributed by atoms with E-state index >= 15 is 0 Å². The summed E-state index contributed by atoms with van der Waals surface area (Å²) in [6.45, 7) is 9.94. The molecule has 23 heavy (non-hydrogen) atoms. The van der Waals surface area contributed by atoms with Gasteiger partial charge in [0.1, 0.15) is 0 Å². The first kappa shape index (κ1) is 17.5. The molecule has 1 aromatic carbocycles. The molecular weight excluding hydrogens is 306 g/mol. The third kappa shape index (κ3) is 3.73. The Morgan fingerprint density at radius 3 is 2.22 bits per heavy atom. The molecule has 1 aromatic rings. The summed E-state index contributed by atoms with van der Waals surface area (Å²) in [6.07, 6.45) is 3.28. The van der Waals surface area contributed by atoms with Gasteiger partial charge in [-0.25, -0.2) is 0 Å². The maximum Gasteiger partial charge on any atom is 0.0434 e. The van der Waals surface area contributed by atoms with Gasteiger partial charge in [-0.15, -0.1) is 0 Å². The molecule has 0 aliphatic carbocycles. The van der Waals surface area contributed by atoms with Gasteiger partial charge in [0, 0.05) is 54.9 Å². The van der Waals surface area contributed by atoms with Gasteiger partial charge in [0.15, 0.2) is 0 Å². The van der Waals surface area contributed by atoms with Crippen molar-refractivity contribution in [3.63, 3.8) is 0 Å². The molecule has 0 bridgehead atoms. The Morgan fingerprint density at radius 1 is 1.17 bits per heavy atom. The quantitative estimate of drug-likeness (QED) is 0.751. The van der Waals surface area contributed by atoms with Crippen molar-refractivity contribution in [2.75, 3.05) is 37.8 Å². The molecule has 2 N–H and O–H groups in total. The van der Waals surface area contributed by atoms with Crippen LogP contribution in [0.2, 0.25) is 0 Å². The Balaban J connectivity index is 2.27. The fourth-order valence-corrected chi connectivity index (χ4v) is 3.00. The summed E-state index contributed by atoms with van der Waals surface area (Å²) >= 11 is 6.11. The molecule has 0 saturated heterocycles. The minimum absolute atomic E-state index is 0.808. The highest BCUT2D eigenvalue weighted by atomic mass is 35.5. The SMILES string of the molecule is C=C(/C(C)=C(/C)Cl)N1CC=C(c2c(NC)cccc2NC)CC1. The summed E-state index contributed by atoms with van der Waals surface area (Å²) < 4.78 is 0. The highest BCUT2D eigenvalue weighted by Gasteiger charge is 2.19. The zero-order valence-corrected chi connectivity index (χ0v) is 15.2. The topological polar surface area (TPSA) is 27.3 Å². The van der Waals surface area contributed by atoms with E-state index in [-0.39, 0.29) is 0 Å². The van der Waals surface area contributed by atoms with Gasteiger partial charge in [0.25, 0.3) is 0 Å². The van der Waals surface area contributed by atoms with E-state index in [1.807, 2.05) is 27.9 Å². The van der Waals surface area contributed by atoms with Gasteiger partial charge >= 0.3 is 0 Å². The van der Waals surface area contributed by atoms with Gasteiger partial charge in [-0.05, 0) is 43.5 Å². The highest BCUT2D eigenvalue weighted by Crippen LogP contribution is 2.35. The number of rotatable bonds is 5. The minimum atomic E-state index is 0.808. The molecule has 0 atom stereocenters. The Bertz CT molecular complexity index is 632. The first-order valence-corrected chi connectivity index (χ1v) is 8.32. The van der Waals surface area contributed by atoms with Crippen LogP contribution in [0.15, 0.2) is 47.2 Å². The van der Waals surface area contributed by atoms with E-state index in [0.29, 0.717) is 0 Å². The van der Waals surface area contributed by atoms with E-state index in [9.17, 15) is 0 Å². The molecule has 1 aliphatic rings. The second kappa shape index (κ2) is 7.60. The number of nitrogens with one attached hydrogen (secondary N) is 2. The molecule has 1 heterocycles. The molecule has 124 valence electrons. The predicted octanol–water partition coefficient (Wildman–Crippen LogP) is 4.91. The summed E-state index contributed by atoms with van der Waals surface area (Å²) in [5.41, 5.74) is 7.03. The smallest absolute Gasteiger partial charge is 0.0434 e. The van der Waals surface area contributed by atoms with Crippen molar-refractivity contribution in [2.24, 2.45) is 0 Å². The molecule has 0 fully saturated rings. The molecule has 3 nitrogen and oxygen atoms in total. The zero-order valence-electron chi connectivity index (χ0n) is 14.5. The lowest BCUT2D eigenvalue weighted by atomic mass is 9.95. The highest BCUT2D eigenvalue weighted by molar-refractivity contribution is 6.29. The number of nitrogens with zero attached hydrogens (tertiary/aromatic N) is 1. The van der Waals surface area contributed by atoms with Crippen LogP contribution in [-0.4, -0.2) is 32.1 Å². The fraction of sp³-hybridized carbons (Fsp3) is 0.368. The number of hydrogen-bond acceptors (Lipinski definition) is 3. The zero-order chi connectivity index (χ0) is 17.0. The summed E-state index contributed by atoms with van der Waals surface area (Å²) in [4.78, 5) is 2.28. The van der Waals surface area contributed by atoms with Crippen LogP contribution in [0.4, 0.5) is 11.4 Å². The van der Waals surface area contributed by atoms with Crippen molar-refractivity contribution >= 4 is 28.5 Å². The van der Waals surface area contributed by atoms with Gasteiger partial charge in [0.2, 0.25) is 0 Å². The summed E-state index contributed by atoms with van der Waals surface area (Å²) in [7, 11) is 3.93. The largest absolute Gasteiger partial charge is 0.388 e. The van der Waals surface area contributed by atoms with Gasteiger partial charge < -0.3 is 15.5 Å². The first-order valence-electron chi connectivity index (χ1n) is 7.94. The predicted molar refractivity (Wildman–Crippen MR) is 103 cm³/mol. The van der Waals surface area contributed by atoms with Crippen LogP contribution in [0.25, 0.3) is 5.57 Å². The number of hydrogen-bond donors (Lipinski definition) is 2. The summed E-state index contributed by atoms with van der Waals surface area (Å²) in [5.74, 6) is 0. The Labute approximate surface area is 144 Å². The van der Waals surface area contributed by atoms with Crippen molar-refractivity contribution in [2.45, 2.75) is 20.3 Å². The van der Waals surface area contributed by atoms with Crippen LogP contribution in [0.1, 0.15) is 25.8 Å². The second-order valence-electron chi connectivity index (χ2n) is 5.76. The van der Waals surface area contributed by atoms with Crippen molar-refractivity contribution in [3.8, 4) is 0 Å². The van der Waals surface area contributed by atoms with E-state index in [1.165, 1.54) is 11.1 Å². The molecular formula is C19H26ClN3. The van der Waals surface area contributed by atoms with E-state index in [4.69, 9.17) is 11.6 Å². The van der Waals surface area contributed by atoms with Crippen molar-refractivity contribution < 1.29 is 0 Å². The van der Waals surface area contributed by atoms with E-state index in [0.717, 1.165) is 47.2 Å². The van der Waals surface area contributed by atoms with Gasteiger partial charge in [-0.1, -0.05) is 30.3 Å². The maximum atomic E-state index is 6.11. The monoisotopic (exact) mass is 331 g/mol. The molecule has 2 rings (SSSR count). The number of benzene rings is 1. The molecule has 0 amide bonds. The Hall–Kier alpha value is -1.87.